The predicted octanol–water partition coefficient (Wildman–Crippen LogP) is 6.53. The Morgan fingerprint density at radius 2 is 1.61 bits per heavy atom. The summed E-state index contributed by atoms with van der Waals surface area (Å²) in [4.78, 5) is 9.42. The first-order valence-electron chi connectivity index (χ1n) is 9.81. The molecule has 3 aromatic rings. The van der Waals surface area contributed by atoms with E-state index in [2.05, 4.69) is 82.5 Å². The van der Waals surface area contributed by atoms with Crippen LogP contribution in [-0.2, 0) is 0 Å². The lowest BCUT2D eigenvalue weighted by Crippen LogP contribution is -2.27. The summed E-state index contributed by atoms with van der Waals surface area (Å²) in [6.45, 7) is 12.9. The van der Waals surface area contributed by atoms with Crippen molar-refractivity contribution in [1.82, 2.24) is 9.97 Å². The lowest BCUT2D eigenvalue weighted by molar-refractivity contribution is 0.626. The van der Waals surface area contributed by atoms with Crippen molar-refractivity contribution in [2.45, 2.75) is 53.0 Å². The highest BCUT2D eigenvalue weighted by atomic mass is 15.2. The summed E-state index contributed by atoms with van der Waals surface area (Å²) in [5.74, 6) is 1.91. The van der Waals surface area contributed by atoms with E-state index in [0.717, 1.165) is 22.8 Å². The van der Waals surface area contributed by atoms with Crippen LogP contribution in [0.25, 0.3) is 11.3 Å². The topological polar surface area (TPSA) is 49.8 Å². The molecule has 4 nitrogen and oxygen atoms in total. The second kappa shape index (κ2) is 8.01. The molecule has 3 rings (SSSR count). The van der Waals surface area contributed by atoms with Gasteiger partial charge in [-0.25, -0.2) is 4.98 Å². The maximum Gasteiger partial charge on any atom is 0.225 e. The number of aryl methyl sites for hydroxylation is 1. The van der Waals surface area contributed by atoms with Gasteiger partial charge in [-0.2, -0.15) is 4.98 Å². The third-order valence-electron chi connectivity index (χ3n) is 4.45. The zero-order chi connectivity index (χ0) is 20.3. The van der Waals surface area contributed by atoms with E-state index in [1.165, 1.54) is 11.1 Å². The van der Waals surface area contributed by atoms with Gasteiger partial charge < -0.3 is 10.6 Å². The quantitative estimate of drug-likeness (QED) is 0.533. The van der Waals surface area contributed by atoms with E-state index in [9.17, 15) is 0 Å². The van der Waals surface area contributed by atoms with Gasteiger partial charge in [0.1, 0.15) is 5.82 Å². The van der Waals surface area contributed by atoms with Gasteiger partial charge in [0.05, 0.1) is 5.69 Å². The summed E-state index contributed by atoms with van der Waals surface area (Å²) in [7, 11) is 0. The Kier molecular flexibility index (Phi) is 5.68. The lowest BCUT2D eigenvalue weighted by Gasteiger charge is -2.21. The Balaban J connectivity index is 1.97. The van der Waals surface area contributed by atoms with Gasteiger partial charge in [0.25, 0.3) is 0 Å². The Hall–Kier alpha value is -2.88. The zero-order valence-electron chi connectivity index (χ0n) is 17.7. The van der Waals surface area contributed by atoms with Gasteiger partial charge in [-0.3, -0.25) is 0 Å². The van der Waals surface area contributed by atoms with Gasteiger partial charge >= 0.3 is 0 Å². The zero-order valence-corrected chi connectivity index (χ0v) is 17.7. The monoisotopic (exact) mass is 374 g/mol. The molecule has 0 spiro atoms. The molecule has 0 amide bonds. The molecular formula is C24H30N4. The number of hydrogen-bond acceptors (Lipinski definition) is 4. The number of benzene rings is 2. The molecule has 2 aromatic carbocycles. The van der Waals surface area contributed by atoms with Crippen molar-refractivity contribution < 1.29 is 0 Å². The summed E-state index contributed by atoms with van der Waals surface area (Å²) in [5, 5.41) is 6.85. The Morgan fingerprint density at radius 1 is 0.893 bits per heavy atom. The van der Waals surface area contributed by atoms with E-state index in [-0.39, 0.29) is 5.54 Å². The fraction of sp³-hybridized carbons (Fsp3) is 0.333. The van der Waals surface area contributed by atoms with Gasteiger partial charge in [-0.15, -0.1) is 0 Å². The Morgan fingerprint density at radius 3 is 2.21 bits per heavy atom. The van der Waals surface area contributed by atoms with Crippen molar-refractivity contribution in [2.75, 3.05) is 10.6 Å². The predicted molar refractivity (Wildman–Crippen MR) is 119 cm³/mol. The molecule has 0 atom stereocenters. The summed E-state index contributed by atoms with van der Waals surface area (Å²) in [6, 6.07) is 18.7. The number of hydrogen-bond donors (Lipinski definition) is 2. The number of anilines is 3. The highest BCUT2D eigenvalue weighted by Crippen LogP contribution is 2.27. The Labute approximate surface area is 168 Å². The smallest absolute Gasteiger partial charge is 0.225 e. The van der Waals surface area contributed by atoms with E-state index in [0.29, 0.717) is 11.9 Å². The molecule has 0 aliphatic heterocycles. The molecule has 1 aromatic heterocycles. The fourth-order valence-corrected chi connectivity index (χ4v) is 3.21. The molecule has 28 heavy (non-hydrogen) atoms. The van der Waals surface area contributed by atoms with E-state index >= 15 is 0 Å². The number of nitrogens with one attached hydrogen (secondary N) is 2. The lowest BCUT2D eigenvalue weighted by atomic mass is 9.98. The molecule has 1 heterocycles. The normalized spacial score (nSPS) is 11.5. The number of nitrogens with zero attached hydrogens (tertiary/aromatic N) is 2. The summed E-state index contributed by atoms with van der Waals surface area (Å²) < 4.78 is 0. The molecule has 0 aliphatic rings. The second-order valence-electron chi connectivity index (χ2n) is 8.55. The minimum absolute atomic E-state index is 0.123. The van der Waals surface area contributed by atoms with Crippen molar-refractivity contribution in [3.63, 3.8) is 0 Å². The van der Waals surface area contributed by atoms with Crippen LogP contribution in [0.3, 0.4) is 0 Å². The van der Waals surface area contributed by atoms with E-state index in [1.54, 1.807) is 0 Å². The van der Waals surface area contributed by atoms with Gasteiger partial charge in [-0.1, -0.05) is 50.2 Å². The van der Waals surface area contributed by atoms with Crippen molar-refractivity contribution in [1.29, 1.82) is 0 Å². The standard InChI is InChI=1S/C24H30N4/c1-16(2)20-13-12-19(14-17(20)3)25-22-15-21(18-10-8-7-9-11-18)26-23(27-22)28-24(4,5)6/h7-16H,1-6H3,(H2,25,26,27,28). The first-order chi connectivity index (χ1) is 13.2. The maximum absolute atomic E-state index is 4.72. The third-order valence-corrected chi connectivity index (χ3v) is 4.45. The van der Waals surface area contributed by atoms with Crippen molar-refractivity contribution in [3.8, 4) is 11.3 Å². The molecular weight excluding hydrogens is 344 g/mol. The van der Waals surface area contributed by atoms with Crippen LogP contribution in [0, 0.1) is 6.92 Å². The molecule has 0 unspecified atom stereocenters. The molecule has 0 saturated carbocycles. The molecule has 0 aliphatic carbocycles. The molecule has 0 saturated heterocycles. The maximum atomic E-state index is 4.72. The van der Waals surface area contributed by atoms with E-state index in [1.807, 2.05) is 24.3 Å². The average molecular weight is 375 g/mol. The van der Waals surface area contributed by atoms with Crippen LogP contribution in [0.1, 0.15) is 51.7 Å². The minimum Gasteiger partial charge on any atom is -0.350 e. The highest BCUT2D eigenvalue weighted by molar-refractivity contribution is 5.68. The molecule has 0 bridgehead atoms. The van der Waals surface area contributed by atoms with Crippen LogP contribution in [-0.4, -0.2) is 15.5 Å². The SMILES string of the molecule is Cc1cc(Nc2cc(-c3ccccc3)nc(NC(C)(C)C)n2)ccc1C(C)C. The van der Waals surface area contributed by atoms with Crippen molar-refractivity contribution in [3.05, 3.63) is 65.7 Å². The van der Waals surface area contributed by atoms with Gasteiger partial charge in [-0.05, 0) is 56.9 Å². The second-order valence-corrected chi connectivity index (χ2v) is 8.55. The van der Waals surface area contributed by atoms with Crippen molar-refractivity contribution >= 4 is 17.5 Å². The van der Waals surface area contributed by atoms with Crippen LogP contribution < -0.4 is 10.6 Å². The van der Waals surface area contributed by atoms with Crippen LogP contribution >= 0.6 is 0 Å². The largest absolute Gasteiger partial charge is 0.350 e. The van der Waals surface area contributed by atoms with Crippen molar-refractivity contribution in [2.24, 2.45) is 0 Å². The van der Waals surface area contributed by atoms with Crippen LogP contribution in [0.2, 0.25) is 0 Å². The third kappa shape index (κ3) is 5.10. The van der Waals surface area contributed by atoms with Crippen LogP contribution in [0.5, 0.6) is 0 Å². The molecule has 2 N–H and O–H groups in total. The van der Waals surface area contributed by atoms with Crippen LogP contribution in [0.15, 0.2) is 54.6 Å². The molecule has 4 heteroatoms. The van der Waals surface area contributed by atoms with E-state index in [4.69, 9.17) is 9.97 Å². The van der Waals surface area contributed by atoms with Gasteiger partial charge in [0.2, 0.25) is 5.95 Å². The van der Waals surface area contributed by atoms with E-state index < -0.39 is 0 Å². The van der Waals surface area contributed by atoms with Gasteiger partial charge in [0, 0.05) is 22.9 Å². The van der Waals surface area contributed by atoms with Crippen LogP contribution in [0.4, 0.5) is 17.5 Å². The summed E-state index contributed by atoms with van der Waals surface area (Å²) >= 11 is 0. The minimum atomic E-state index is -0.123. The average Bonchev–Trinajstić information content (AvgIpc) is 2.60. The molecule has 0 fully saturated rings. The summed E-state index contributed by atoms with van der Waals surface area (Å²) in [5.41, 5.74) is 5.51. The highest BCUT2D eigenvalue weighted by Gasteiger charge is 2.14. The first kappa shape index (κ1) is 19.9. The fourth-order valence-electron chi connectivity index (χ4n) is 3.21. The first-order valence-corrected chi connectivity index (χ1v) is 9.81. The number of rotatable bonds is 5. The molecule has 146 valence electrons. The summed E-state index contributed by atoms with van der Waals surface area (Å²) in [6.07, 6.45) is 0. The number of aromatic nitrogens is 2. The molecule has 0 radical (unpaired) electrons. The van der Waals surface area contributed by atoms with Gasteiger partial charge in [0.15, 0.2) is 0 Å². The Bertz CT molecular complexity index is 941.